The van der Waals surface area contributed by atoms with Crippen molar-refractivity contribution >= 4 is 46.5 Å². The van der Waals surface area contributed by atoms with Crippen molar-refractivity contribution in [3.05, 3.63) is 69.2 Å². The third-order valence-electron chi connectivity index (χ3n) is 4.49. The molecule has 30 heavy (non-hydrogen) atoms. The Hall–Kier alpha value is -1.87. The second-order valence-electron chi connectivity index (χ2n) is 7.50. The summed E-state index contributed by atoms with van der Waals surface area (Å²) in [6.07, 6.45) is 0.618. The van der Waals surface area contributed by atoms with E-state index in [2.05, 4.69) is 26.6 Å². The van der Waals surface area contributed by atoms with Gasteiger partial charge in [-0.25, -0.2) is 0 Å². The van der Waals surface area contributed by atoms with Crippen LogP contribution in [-0.2, 0) is 11.2 Å². The summed E-state index contributed by atoms with van der Waals surface area (Å²) in [4.78, 5) is 25.8. The lowest BCUT2D eigenvalue weighted by atomic mass is 9.75. The van der Waals surface area contributed by atoms with Crippen LogP contribution in [0.3, 0.4) is 0 Å². The first-order valence-corrected chi connectivity index (χ1v) is 10.8. The normalized spacial score (nSPS) is 12.9. The van der Waals surface area contributed by atoms with Crippen molar-refractivity contribution in [3.63, 3.8) is 0 Å². The molecule has 2 aromatic rings. The van der Waals surface area contributed by atoms with Crippen LogP contribution in [0.25, 0.3) is 0 Å². The smallest absolute Gasteiger partial charge is 0.426 e. The molecule has 2 aromatic carbocycles. The highest BCUT2D eigenvalue weighted by Crippen LogP contribution is 2.21. The summed E-state index contributed by atoms with van der Waals surface area (Å²) in [5, 5.41) is 24.9. The molecule has 0 aromatic heterocycles. The molecule has 0 saturated heterocycles. The Kier molecular flexibility index (Phi) is 9.36. The van der Waals surface area contributed by atoms with E-state index in [-0.39, 0.29) is 22.9 Å². The van der Waals surface area contributed by atoms with Gasteiger partial charge in [-0.15, -0.1) is 0 Å². The fourth-order valence-electron chi connectivity index (χ4n) is 3.01. The molecule has 0 bridgehead atoms. The zero-order valence-electron chi connectivity index (χ0n) is 16.8. The molecule has 2 rings (SSSR count). The molecule has 2 atom stereocenters. The number of hydrogen-bond acceptors (Lipinski definition) is 4. The molecule has 4 N–H and O–H groups in total. The maximum atomic E-state index is 13.0. The highest BCUT2D eigenvalue weighted by molar-refractivity contribution is 9.10. The number of carbonyl (C=O) groups is 2. The second kappa shape index (κ2) is 11.5. The molecule has 0 spiro atoms. The molecule has 160 valence electrons. The van der Waals surface area contributed by atoms with Gasteiger partial charge < -0.3 is 20.7 Å². The second-order valence-corrected chi connectivity index (χ2v) is 8.82. The van der Waals surface area contributed by atoms with Gasteiger partial charge in [-0.3, -0.25) is 9.59 Å². The third kappa shape index (κ3) is 7.43. The van der Waals surface area contributed by atoms with Crippen molar-refractivity contribution in [3.8, 4) is 0 Å². The molecule has 0 aliphatic rings. The van der Waals surface area contributed by atoms with Crippen molar-refractivity contribution in [1.29, 1.82) is 0 Å². The molecule has 6 nitrogen and oxygen atoms in total. The lowest BCUT2D eigenvalue weighted by molar-refractivity contribution is -0.123. The number of halogens is 2. The first kappa shape index (κ1) is 24.4. The average molecular weight is 496 g/mol. The number of nitrogens with one attached hydrogen (secondary N) is 2. The number of amides is 2. The highest BCUT2D eigenvalue weighted by Gasteiger charge is 2.30. The van der Waals surface area contributed by atoms with Gasteiger partial charge >= 0.3 is 7.12 Å². The Morgan fingerprint density at radius 1 is 1.10 bits per heavy atom. The van der Waals surface area contributed by atoms with Crippen molar-refractivity contribution in [2.45, 2.75) is 38.7 Å². The van der Waals surface area contributed by atoms with Crippen LogP contribution in [0.5, 0.6) is 0 Å². The molecular formula is C21H25BBrClN2O4. The first-order valence-electron chi connectivity index (χ1n) is 9.63. The molecule has 0 aliphatic carbocycles. The van der Waals surface area contributed by atoms with Gasteiger partial charge in [0.15, 0.2) is 0 Å². The van der Waals surface area contributed by atoms with E-state index < -0.39 is 30.9 Å². The van der Waals surface area contributed by atoms with Gasteiger partial charge in [0.05, 0.1) is 16.5 Å². The minimum Gasteiger partial charge on any atom is -0.426 e. The van der Waals surface area contributed by atoms with E-state index in [0.29, 0.717) is 10.9 Å². The van der Waals surface area contributed by atoms with Crippen LogP contribution >= 0.6 is 27.5 Å². The summed E-state index contributed by atoms with van der Waals surface area (Å²) in [5.41, 5.74) is 1.08. The predicted molar refractivity (Wildman–Crippen MR) is 122 cm³/mol. The van der Waals surface area contributed by atoms with E-state index in [9.17, 15) is 19.6 Å². The zero-order valence-corrected chi connectivity index (χ0v) is 19.2. The van der Waals surface area contributed by atoms with E-state index in [1.807, 2.05) is 44.2 Å². The van der Waals surface area contributed by atoms with E-state index in [0.717, 1.165) is 5.56 Å². The number of benzene rings is 2. The van der Waals surface area contributed by atoms with Crippen LogP contribution in [0.2, 0.25) is 5.02 Å². The van der Waals surface area contributed by atoms with Crippen molar-refractivity contribution in [2.75, 3.05) is 0 Å². The molecule has 0 unspecified atom stereocenters. The lowest BCUT2D eigenvalue weighted by Gasteiger charge is -2.24. The topological polar surface area (TPSA) is 98.7 Å². The number of carbonyl (C=O) groups excluding carboxylic acids is 2. The fraction of sp³-hybridized carbons (Fsp3) is 0.333. The van der Waals surface area contributed by atoms with E-state index in [4.69, 9.17) is 11.6 Å². The Bertz CT molecular complexity index is 867. The van der Waals surface area contributed by atoms with Gasteiger partial charge in [0.1, 0.15) is 6.04 Å². The lowest BCUT2D eigenvalue weighted by Crippen LogP contribution is -2.55. The Morgan fingerprint density at radius 2 is 1.77 bits per heavy atom. The molecule has 0 radical (unpaired) electrons. The summed E-state index contributed by atoms with van der Waals surface area (Å²) >= 11 is 9.46. The monoisotopic (exact) mass is 494 g/mol. The highest BCUT2D eigenvalue weighted by atomic mass is 79.9. The van der Waals surface area contributed by atoms with Crippen LogP contribution in [0.4, 0.5) is 0 Å². The van der Waals surface area contributed by atoms with Crippen molar-refractivity contribution < 1.29 is 19.6 Å². The van der Waals surface area contributed by atoms with Crippen LogP contribution in [0.15, 0.2) is 53.0 Å². The minimum atomic E-state index is -1.70. The Morgan fingerprint density at radius 3 is 2.37 bits per heavy atom. The molecule has 9 heteroatoms. The maximum Gasteiger partial charge on any atom is 0.475 e. The van der Waals surface area contributed by atoms with E-state index in [1.54, 1.807) is 18.2 Å². The van der Waals surface area contributed by atoms with Gasteiger partial charge in [0, 0.05) is 10.9 Å². The van der Waals surface area contributed by atoms with E-state index in [1.165, 1.54) is 0 Å². The van der Waals surface area contributed by atoms with Gasteiger partial charge in [0.25, 0.3) is 5.91 Å². The zero-order chi connectivity index (χ0) is 22.3. The van der Waals surface area contributed by atoms with Crippen LogP contribution in [-0.4, -0.2) is 41.0 Å². The molecule has 2 amide bonds. The summed E-state index contributed by atoms with van der Waals surface area (Å²) in [7, 11) is -1.70. The van der Waals surface area contributed by atoms with Gasteiger partial charge in [-0.05, 0) is 36.1 Å². The van der Waals surface area contributed by atoms with Gasteiger partial charge in [-0.1, -0.05) is 71.7 Å². The third-order valence-corrected chi connectivity index (χ3v) is 5.31. The summed E-state index contributed by atoms with van der Waals surface area (Å²) in [6.45, 7) is 3.83. The summed E-state index contributed by atoms with van der Waals surface area (Å²) in [6, 6.07) is 13.2. The van der Waals surface area contributed by atoms with Crippen molar-refractivity contribution in [2.24, 2.45) is 5.92 Å². The molecular weight excluding hydrogens is 470 g/mol. The summed E-state index contributed by atoms with van der Waals surface area (Å²) in [5.74, 6) is -1.71. The quantitative estimate of drug-likeness (QED) is 0.402. The van der Waals surface area contributed by atoms with Crippen molar-refractivity contribution in [1.82, 2.24) is 10.6 Å². The average Bonchev–Trinajstić information content (AvgIpc) is 2.69. The fourth-order valence-corrected chi connectivity index (χ4v) is 3.58. The maximum absolute atomic E-state index is 13.0. The minimum absolute atomic E-state index is 0.139. The van der Waals surface area contributed by atoms with Gasteiger partial charge in [0.2, 0.25) is 5.91 Å². The van der Waals surface area contributed by atoms with Crippen LogP contribution in [0.1, 0.15) is 36.2 Å². The SMILES string of the molecule is CC(C)C[C@H](NC(=O)[C@H](Cc1ccccc1)NC(=O)c1cc(Br)ccc1Cl)B(O)O. The largest absolute Gasteiger partial charge is 0.475 e. The molecule has 0 heterocycles. The predicted octanol–water partition coefficient (Wildman–Crippen LogP) is 2.99. The molecule has 0 aliphatic heterocycles. The van der Waals surface area contributed by atoms with Gasteiger partial charge in [-0.2, -0.15) is 0 Å². The van der Waals surface area contributed by atoms with E-state index >= 15 is 0 Å². The first-order chi connectivity index (χ1) is 14.2. The number of rotatable bonds is 9. The van der Waals surface area contributed by atoms with Crippen LogP contribution < -0.4 is 10.6 Å². The number of hydrogen-bond donors (Lipinski definition) is 4. The van der Waals surface area contributed by atoms with Crippen LogP contribution in [0, 0.1) is 5.92 Å². The standard InChI is InChI=1S/C21H25BBrClN2O4/c1-13(2)10-19(22(29)30)26-21(28)18(11-14-6-4-3-5-7-14)25-20(27)16-12-15(23)8-9-17(16)24/h3-9,12-13,18-19,29-30H,10-11H2,1-2H3,(H,25,27)(H,26,28)/t18-,19-/m0/s1. The Labute approximate surface area is 190 Å². The molecule has 0 saturated carbocycles. The summed E-state index contributed by atoms with van der Waals surface area (Å²) < 4.78 is 0.682. The molecule has 0 fully saturated rings. The Balaban J connectivity index is 2.24.